The van der Waals surface area contributed by atoms with E-state index in [1.807, 2.05) is 30.3 Å². The minimum atomic E-state index is -0.506. The molecule has 0 bridgehead atoms. The van der Waals surface area contributed by atoms with Crippen molar-refractivity contribution in [2.24, 2.45) is 0 Å². The second kappa shape index (κ2) is 4.25. The molecule has 1 fully saturated rings. The average molecular weight is 279 g/mol. The minimum Gasteiger partial charge on any atom is -0.299 e. The molecule has 2 aromatic carbocycles. The molecule has 1 heterocycles. The first-order chi connectivity index (χ1) is 10.2. The zero-order valence-electron chi connectivity index (χ0n) is 11.3. The summed E-state index contributed by atoms with van der Waals surface area (Å²) in [6, 6.07) is 10.8. The standard InChI is InChI=1S/C17H13NO3/c19-11-7-8-13(15(20)9-11)18-14-6-2-4-10-3-1-5-12(16(10)14)17(18)21/h1-6,13H,7-9H2. The molecule has 1 atom stereocenters. The highest BCUT2D eigenvalue weighted by Crippen LogP contribution is 2.39. The van der Waals surface area contributed by atoms with Crippen molar-refractivity contribution in [3.8, 4) is 0 Å². The van der Waals surface area contributed by atoms with Gasteiger partial charge in [-0.05, 0) is 23.9 Å². The van der Waals surface area contributed by atoms with Crippen LogP contribution in [0.25, 0.3) is 10.8 Å². The number of carbonyl (C=O) groups is 3. The molecular formula is C17H13NO3. The highest BCUT2D eigenvalue weighted by Gasteiger charge is 2.40. The lowest BCUT2D eigenvalue weighted by Gasteiger charge is -2.30. The number of hydrogen-bond acceptors (Lipinski definition) is 3. The van der Waals surface area contributed by atoms with Crippen LogP contribution in [0.15, 0.2) is 36.4 Å². The molecule has 0 radical (unpaired) electrons. The van der Waals surface area contributed by atoms with Gasteiger partial charge in [0.1, 0.15) is 5.78 Å². The van der Waals surface area contributed by atoms with E-state index in [2.05, 4.69) is 0 Å². The van der Waals surface area contributed by atoms with Crippen molar-refractivity contribution in [2.45, 2.75) is 25.3 Å². The second-order valence-corrected chi connectivity index (χ2v) is 5.59. The maximum absolute atomic E-state index is 12.7. The fourth-order valence-corrected chi connectivity index (χ4v) is 3.38. The molecule has 0 spiro atoms. The van der Waals surface area contributed by atoms with Crippen LogP contribution in [0.4, 0.5) is 5.69 Å². The number of ketones is 2. The number of anilines is 1. The molecule has 4 heteroatoms. The fraction of sp³-hybridized carbons (Fsp3) is 0.235. The smallest absolute Gasteiger partial charge is 0.259 e. The summed E-state index contributed by atoms with van der Waals surface area (Å²) in [6.07, 6.45) is 0.737. The van der Waals surface area contributed by atoms with E-state index in [-0.39, 0.29) is 23.9 Å². The van der Waals surface area contributed by atoms with Crippen LogP contribution in [-0.4, -0.2) is 23.5 Å². The molecule has 4 rings (SSSR count). The van der Waals surface area contributed by atoms with Gasteiger partial charge in [-0.1, -0.05) is 24.3 Å². The number of benzene rings is 2. The summed E-state index contributed by atoms with van der Waals surface area (Å²) >= 11 is 0. The highest BCUT2D eigenvalue weighted by atomic mass is 16.2. The Morgan fingerprint density at radius 3 is 2.52 bits per heavy atom. The van der Waals surface area contributed by atoms with E-state index in [0.29, 0.717) is 18.4 Å². The van der Waals surface area contributed by atoms with Gasteiger partial charge in [0.25, 0.3) is 5.91 Å². The van der Waals surface area contributed by atoms with Gasteiger partial charge in [0.2, 0.25) is 0 Å². The van der Waals surface area contributed by atoms with Crippen molar-refractivity contribution in [2.75, 3.05) is 4.90 Å². The van der Waals surface area contributed by atoms with Crippen molar-refractivity contribution in [3.63, 3.8) is 0 Å². The van der Waals surface area contributed by atoms with Crippen LogP contribution >= 0.6 is 0 Å². The molecule has 1 saturated carbocycles. The molecule has 1 unspecified atom stereocenters. The van der Waals surface area contributed by atoms with Crippen molar-refractivity contribution in [3.05, 3.63) is 42.0 Å². The lowest BCUT2D eigenvalue weighted by molar-refractivity contribution is -0.130. The van der Waals surface area contributed by atoms with Crippen molar-refractivity contribution < 1.29 is 14.4 Å². The largest absolute Gasteiger partial charge is 0.299 e. The first kappa shape index (κ1) is 12.3. The zero-order chi connectivity index (χ0) is 14.6. The molecule has 21 heavy (non-hydrogen) atoms. The number of hydrogen-bond donors (Lipinski definition) is 0. The molecule has 0 N–H and O–H groups in total. The Labute approximate surface area is 121 Å². The summed E-state index contributed by atoms with van der Waals surface area (Å²) in [5, 5.41) is 1.91. The Balaban J connectivity index is 1.86. The quantitative estimate of drug-likeness (QED) is 0.754. The molecule has 0 saturated heterocycles. The third-order valence-electron chi connectivity index (χ3n) is 4.34. The van der Waals surface area contributed by atoms with E-state index in [0.717, 1.165) is 16.5 Å². The van der Waals surface area contributed by atoms with Crippen LogP contribution in [0.1, 0.15) is 29.6 Å². The van der Waals surface area contributed by atoms with E-state index in [1.165, 1.54) is 0 Å². The van der Waals surface area contributed by atoms with Crippen LogP contribution < -0.4 is 4.90 Å². The molecule has 1 aliphatic carbocycles. The summed E-state index contributed by atoms with van der Waals surface area (Å²) < 4.78 is 0. The zero-order valence-corrected chi connectivity index (χ0v) is 11.3. The third kappa shape index (κ3) is 1.65. The minimum absolute atomic E-state index is 0.0291. The molecule has 2 aromatic rings. The van der Waals surface area contributed by atoms with E-state index in [9.17, 15) is 14.4 Å². The summed E-state index contributed by atoms with van der Waals surface area (Å²) in [6.45, 7) is 0. The second-order valence-electron chi connectivity index (χ2n) is 5.59. The fourth-order valence-electron chi connectivity index (χ4n) is 3.38. The average Bonchev–Trinajstić information content (AvgIpc) is 2.75. The summed E-state index contributed by atoms with van der Waals surface area (Å²) in [5.41, 5.74) is 1.44. The Hall–Kier alpha value is -2.49. The van der Waals surface area contributed by atoms with Gasteiger partial charge in [-0.2, -0.15) is 0 Å². The summed E-state index contributed by atoms with van der Waals surface area (Å²) in [4.78, 5) is 37.9. The van der Waals surface area contributed by atoms with E-state index in [1.54, 1.807) is 11.0 Å². The first-order valence-corrected chi connectivity index (χ1v) is 7.06. The summed E-state index contributed by atoms with van der Waals surface area (Å²) in [5.74, 6) is -0.308. The SMILES string of the molecule is O=C1CCC(N2C(=O)c3cccc4cccc2c34)C(=O)C1. The van der Waals surface area contributed by atoms with Gasteiger partial charge < -0.3 is 0 Å². The van der Waals surface area contributed by atoms with Crippen LogP contribution in [-0.2, 0) is 9.59 Å². The molecule has 2 aliphatic rings. The molecular weight excluding hydrogens is 266 g/mol. The van der Waals surface area contributed by atoms with E-state index >= 15 is 0 Å². The van der Waals surface area contributed by atoms with Gasteiger partial charge in [-0.15, -0.1) is 0 Å². The van der Waals surface area contributed by atoms with Crippen LogP contribution in [0.5, 0.6) is 0 Å². The Bertz CT molecular complexity index is 804. The highest BCUT2D eigenvalue weighted by molar-refractivity contribution is 6.27. The number of carbonyl (C=O) groups excluding carboxylic acids is 3. The molecule has 104 valence electrons. The Morgan fingerprint density at radius 1 is 1.00 bits per heavy atom. The number of rotatable bonds is 1. The van der Waals surface area contributed by atoms with Gasteiger partial charge in [0.05, 0.1) is 18.2 Å². The lowest BCUT2D eigenvalue weighted by atomic mass is 9.91. The maximum atomic E-state index is 12.7. The molecule has 4 nitrogen and oxygen atoms in total. The molecule has 1 aliphatic heterocycles. The molecule has 1 amide bonds. The van der Waals surface area contributed by atoms with Crippen molar-refractivity contribution >= 4 is 33.9 Å². The van der Waals surface area contributed by atoms with Crippen LogP contribution in [0.2, 0.25) is 0 Å². The lowest BCUT2D eigenvalue weighted by Crippen LogP contribution is -2.46. The van der Waals surface area contributed by atoms with Crippen molar-refractivity contribution in [1.29, 1.82) is 0 Å². The van der Waals surface area contributed by atoms with Crippen molar-refractivity contribution in [1.82, 2.24) is 0 Å². The normalized spacial score (nSPS) is 21.4. The van der Waals surface area contributed by atoms with E-state index < -0.39 is 6.04 Å². The monoisotopic (exact) mass is 279 g/mol. The maximum Gasteiger partial charge on any atom is 0.259 e. The molecule has 0 aromatic heterocycles. The van der Waals surface area contributed by atoms with Gasteiger partial charge in [-0.3, -0.25) is 19.3 Å². The van der Waals surface area contributed by atoms with Gasteiger partial charge >= 0.3 is 0 Å². The first-order valence-electron chi connectivity index (χ1n) is 7.06. The number of amides is 1. The predicted molar refractivity (Wildman–Crippen MR) is 78.4 cm³/mol. The van der Waals surface area contributed by atoms with E-state index in [4.69, 9.17) is 0 Å². The van der Waals surface area contributed by atoms with Crippen LogP contribution in [0, 0.1) is 0 Å². The van der Waals surface area contributed by atoms with Gasteiger partial charge in [0, 0.05) is 17.4 Å². The summed E-state index contributed by atoms with van der Waals surface area (Å²) in [7, 11) is 0. The Kier molecular flexibility index (Phi) is 2.48. The predicted octanol–water partition coefficient (Wildman–Crippen LogP) is 2.49. The van der Waals surface area contributed by atoms with Gasteiger partial charge in [-0.25, -0.2) is 0 Å². The Morgan fingerprint density at radius 2 is 1.76 bits per heavy atom. The number of Topliss-reactive ketones (excluding diaryl/α,β-unsaturated/α-hetero) is 2. The van der Waals surface area contributed by atoms with Gasteiger partial charge in [0.15, 0.2) is 5.78 Å². The third-order valence-corrected chi connectivity index (χ3v) is 4.34. The van der Waals surface area contributed by atoms with Crippen LogP contribution in [0.3, 0.4) is 0 Å². The number of nitrogens with zero attached hydrogens (tertiary/aromatic N) is 1. The topological polar surface area (TPSA) is 54.5 Å².